The van der Waals surface area contributed by atoms with Gasteiger partial charge >= 0.3 is 0 Å². The molecule has 0 saturated heterocycles. The van der Waals surface area contributed by atoms with Crippen LogP contribution in [0.3, 0.4) is 0 Å². The van der Waals surface area contributed by atoms with Crippen molar-refractivity contribution in [3.63, 3.8) is 0 Å². The van der Waals surface area contributed by atoms with Crippen LogP contribution in [0.1, 0.15) is 48.2 Å². The number of hydrogen-bond donors (Lipinski definition) is 0. The molecule has 0 aliphatic carbocycles. The monoisotopic (exact) mass is 282 g/mol. The average Bonchev–Trinajstić information content (AvgIpc) is 2.38. The van der Waals surface area contributed by atoms with Gasteiger partial charge in [0.1, 0.15) is 5.25 Å². The number of unbranched alkanes of at least 4 members (excludes halogenated alkanes) is 1. The summed E-state index contributed by atoms with van der Waals surface area (Å²) < 4.78 is 24.1. The highest BCUT2D eigenvalue weighted by atomic mass is 32.2. The van der Waals surface area contributed by atoms with Crippen molar-refractivity contribution in [3.05, 3.63) is 34.9 Å². The predicted octanol–water partition coefficient (Wildman–Crippen LogP) is 3.09. The van der Waals surface area contributed by atoms with Gasteiger partial charge in [-0.05, 0) is 44.4 Å². The average molecular weight is 282 g/mol. The molecule has 0 N–H and O–H groups in total. The highest BCUT2D eigenvalue weighted by Crippen LogP contribution is 2.16. The Hall–Kier alpha value is -1.16. The highest BCUT2D eigenvalue weighted by molar-refractivity contribution is 7.92. The van der Waals surface area contributed by atoms with Gasteiger partial charge in [0.25, 0.3) is 0 Å². The van der Waals surface area contributed by atoms with Crippen LogP contribution in [0.25, 0.3) is 0 Å². The van der Waals surface area contributed by atoms with E-state index in [2.05, 4.69) is 0 Å². The van der Waals surface area contributed by atoms with E-state index in [0.29, 0.717) is 12.0 Å². The summed E-state index contributed by atoms with van der Waals surface area (Å²) in [5.41, 5.74) is 2.58. The summed E-state index contributed by atoms with van der Waals surface area (Å²) in [5.74, 6) is -0.222. The van der Waals surface area contributed by atoms with Gasteiger partial charge in [0, 0.05) is 5.56 Å². The van der Waals surface area contributed by atoms with E-state index in [1.165, 1.54) is 6.92 Å². The van der Waals surface area contributed by atoms with Crippen LogP contribution in [0.2, 0.25) is 0 Å². The fourth-order valence-electron chi connectivity index (χ4n) is 1.81. The van der Waals surface area contributed by atoms with Crippen LogP contribution in [0.15, 0.2) is 18.2 Å². The van der Waals surface area contributed by atoms with Crippen molar-refractivity contribution in [2.75, 3.05) is 5.75 Å². The Labute approximate surface area is 116 Å². The summed E-state index contributed by atoms with van der Waals surface area (Å²) in [5, 5.41) is -0.957. The molecule has 0 spiro atoms. The molecule has 0 fully saturated rings. The van der Waals surface area contributed by atoms with Crippen molar-refractivity contribution in [1.29, 1.82) is 0 Å². The zero-order valence-corrected chi connectivity index (χ0v) is 12.9. The van der Waals surface area contributed by atoms with E-state index < -0.39 is 15.1 Å². The van der Waals surface area contributed by atoms with E-state index in [4.69, 9.17) is 0 Å². The molecule has 3 nitrogen and oxygen atoms in total. The van der Waals surface area contributed by atoms with Gasteiger partial charge in [-0.1, -0.05) is 25.5 Å². The van der Waals surface area contributed by atoms with E-state index in [0.717, 1.165) is 17.5 Å². The van der Waals surface area contributed by atoms with Crippen molar-refractivity contribution >= 4 is 15.6 Å². The van der Waals surface area contributed by atoms with Crippen LogP contribution in [0.4, 0.5) is 0 Å². The van der Waals surface area contributed by atoms with Gasteiger partial charge in [0.05, 0.1) is 5.75 Å². The van der Waals surface area contributed by atoms with Crippen LogP contribution in [-0.2, 0) is 9.84 Å². The van der Waals surface area contributed by atoms with Crippen LogP contribution in [0.5, 0.6) is 0 Å². The lowest BCUT2D eigenvalue weighted by Gasteiger charge is -2.12. The Morgan fingerprint density at radius 1 is 1.21 bits per heavy atom. The summed E-state index contributed by atoms with van der Waals surface area (Å²) in [6, 6.07) is 5.33. The molecule has 4 heteroatoms. The highest BCUT2D eigenvalue weighted by Gasteiger charge is 2.28. The van der Waals surface area contributed by atoms with Crippen molar-refractivity contribution in [2.24, 2.45) is 0 Å². The Morgan fingerprint density at radius 3 is 2.37 bits per heavy atom. The number of benzene rings is 1. The molecule has 1 aromatic carbocycles. The number of aryl methyl sites for hydroxylation is 2. The van der Waals surface area contributed by atoms with E-state index in [1.54, 1.807) is 12.1 Å². The minimum Gasteiger partial charge on any atom is -0.293 e. The lowest BCUT2D eigenvalue weighted by Crippen LogP contribution is -2.29. The summed E-state index contributed by atoms with van der Waals surface area (Å²) in [6.45, 7) is 7.31. The number of carbonyl (C=O) groups is 1. The van der Waals surface area contributed by atoms with E-state index in [1.807, 2.05) is 26.8 Å². The smallest absolute Gasteiger partial charge is 0.180 e. The molecule has 1 unspecified atom stereocenters. The summed E-state index contributed by atoms with van der Waals surface area (Å²) in [4.78, 5) is 12.2. The second kappa shape index (κ2) is 6.33. The van der Waals surface area contributed by atoms with Gasteiger partial charge in [-0.2, -0.15) is 0 Å². The largest absolute Gasteiger partial charge is 0.293 e. The number of carbonyl (C=O) groups excluding carboxylic acids is 1. The van der Waals surface area contributed by atoms with Crippen LogP contribution in [-0.4, -0.2) is 25.2 Å². The van der Waals surface area contributed by atoms with Crippen LogP contribution < -0.4 is 0 Å². The third kappa shape index (κ3) is 3.90. The summed E-state index contributed by atoms with van der Waals surface area (Å²) in [6.07, 6.45) is 1.41. The van der Waals surface area contributed by atoms with Gasteiger partial charge in [-0.3, -0.25) is 4.79 Å². The van der Waals surface area contributed by atoms with E-state index in [-0.39, 0.29) is 11.5 Å². The third-order valence-corrected chi connectivity index (χ3v) is 5.63. The second-order valence-corrected chi connectivity index (χ2v) is 7.47. The number of sulfone groups is 1. The third-order valence-electron chi connectivity index (χ3n) is 3.48. The minimum atomic E-state index is -3.34. The molecule has 0 saturated carbocycles. The lowest BCUT2D eigenvalue weighted by molar-refractivity contribution is 0.0991. The van der Waals surface area contributed by atoms with Crippen molar-refractivity contribution < 1.29 is 13.2 Å². The molecule has 19 heavy (non-hydrogen) atoms. The summed E-state index contributed by atoms with van der Waals surface area (Å²) >= 11 is 0. The molecule has 0 bridgehead atoms. The molecule has 0 radical (unpaired) electrons. The minimum absolute atomic E-state index is 0.0846. The first-order valence-electron chi connectivity index (χ1n) is 6.62. The first-order valence-corrected chi connectivity index (χ1v) is 8.34. The van der Waals surface area contributed by atoms with Crippen LogP contribution in [0, 0.1) is 13.8 Å². The van der Waals surface area contributed by atoms with E-state index >= 15 is 0 Å². The standard InChI is InChI=1S/C15H22O3S/c1-5-6-9-19(17,18)13(4)15(16)14-8-7-11(2)12(3)10-14/h7-8,10,13H,5-6,9H2,1-4H3. The number of Topliss-reactive ketones (excluding diaryl/α,β-unsaturated/α-hetero) is 1. The SMILES string of the molecule is CCCCS(=O)(=O)C(C)C(=O)c1ccc(C)c(C)c1. The molecule has 0 amide bonds. The zero-order valence-electron chi connectivity index (χ0n) is 12.1. The Balaban J connectivity index is 2.96. The maximum absolute atomic E-state index is 12.2. The first-order chi connectivity index (χ1) is 8.79. The van der Waals surface area contributed by atoms with Crippen molar-refractivity contribution in [2.45, 2.75) is 45.8 Å². The van der Waals surface area contributed by atoms with Crippen LogP contribution >= 0.6 is 0 Å². The normalized spacial score (nSPS) is 13.3. The van der Waals surface area contributed by atoms with Crippen molar-refractivity contribution in [3.8, 4) is 0 Å². The first kappa shape index (κ1) is 15.9. The molecule has 1 aromatic rings. The molecule has 0 aromatic heterocycles. The Bertz CT molecular complexity index is 559. The molecule has 0 aliphatic rings. The fourth-order valence-corrected chi connectivity index (χ4v) is 3.32. The Kier molecular flexibility index (Phi) is 5.29. The topological polar surface area (TPSA) is 51.2 Å². The molecular weight excluding hydrogens is 260 g/mol. The number of hydrogen-bond acceptors (Lipinski definition) is 3. The van der Waals surface area contributed by atoms with Gasteiger partial charge in [0.15, 0.2) is 15.6 Å². The molecule has 0 heterocycles. The lowest BCUT2D eigenvalue weighted by atomic mass is 10.0. The van der Waals surface area contributed by atoms with Gasteiger partial charge in [0.2, 0.25) is 0 Å². The quantitative estimate of drug-likeness (QED) is 0.753. The zero-order chi connectivity index (χ0) is 14.6. The second-order valence-electron chi connectivity index (χ2n) is 5.03. The van der Waals surface area contributed by atoms with Gasteiger partial charge in [-0.25, -0.2) is 8.42 Å². The predicted molar refractivity (Wildman–Crippen MR) is 78.4 cm³/mol. The molecular formula is C15H22O3S. The maximum Gasteiger partial charge on any atom is 0.180 e. The van der Waals surface area contributed by atoms with Gasteiger partial charge in [-0.15, -0.1) is 0 Å². The summed E-state index contributed by atoms with van der Waals surface area (Å²) in [7, 11) is -3.34. The van der Waals surface area contributed by atoms with E-state index in [9.17, 15) is 13.2 Å². The molecule has 1 atom stereocenters. The maximum atomic E-state index is 12.2. The Morgan fingerprint density at radius 2 is 1.84 bits per heavy atom. The number of rotatable bonds is 6. The molecule has 1 rings (SSSR count). The molecule has 106 valence electrons. The fraction of sp³-hybridized carbons (Fsp3) is 0.533. The van der Waals surface area contributed by atoms with Crippen molar-refractivity contribution in [1.82, 2.24) is 0 Å². The van der Waals surface area contributed by atoms with Gasteiger partial charge < -0.3 is 0 Å². The number of ketones is 1. The molecule has 0 aliphatic heterocycles.